The fourth-order valence-corrected chi connectivity index (χ4v) is 1.63. The summed E-state index contributed by atoms with van der Waals surface area (Å²) in [6.07, 6.45) is 6.29. The van der Waals surface area contributed by atoms with Gasteiger partial charge >= 0.3 is 0 Å². The summed E-state index contributed by atoms with van der Waals surface area (Å²) < 4.78 is 1.81. The van der Waals surface area contributed by atoms with E-state index in [1.165, 1.54) is 0 Å². The van der Waals surface area contributed by atoms with E-state index in [0.717, 1.165) is 44.5 Å². The quantitative estimate of drug-likeness (QED) is 0.681. The molecule has 102 valence electrons. The summed E-state index contributed by atoms with van der Waals surface area (Å²) in [5.41, 5.74) is 6.44. The Bertz CT molecular complexity index is 361. The number of hydrogen-bond donors (Lipinski definition) is 1. The van der Waals surface area contributed by atoms with Gasteiger partial charge in [-0.05, 0) is 32.2 Å². The lowest BCUT2D eigenvalue weighted by Crippen LogP contribution is -2.21. The van der Waals surface area contributed by atoms with E-state index in [1.807, 2.05) is 6.20 Å². The van der Waals surface area contributed by atoms with Crippen LogP contribution < -0.4 is 5.73 Å². The normalized spacial score (nSPS) is 10.6. The van der Waals surface area contributed by atoms with Gasteiger partial charge in [0.05, 0.1) is 5.69 Å². The second-order valence-corrected chi connectivity index (χ2v) is 4.61. The minimum Gasteiger partial charge on any atom is -0.349 e. The largest absolute Gasteiger partial charge is 0.349 e. The molecule has 0 fully saturated rings. The maximum absolute atomic E-state index is 11.4. The third-order valence-corrected chi connectivity index (χ3v) is 2.75. The topological polar surface area (TPSA) is 77.0 Å². The number of aromatic nitrogens is 3. The first-order chi connectivity index (χ1) is 8.63. The Labute approximate surface area is 108 Å². The van der Waals surface area contributed by atoms with Gasteiger partial charge in [-0.3, -0.25) is 9.48 Å². The van der Waals surface area contributed by atoms with E-state index >= 15 is 0 Å². The number of amides is 1. The Morgan fingerprint density at radius 1 is 1.39 bits per heavy atom. The highest BCUT2D eigenvalue weighted by atomic mass is 16.2. The minimum atomic E-state index is 0.151. The van der Waals surface area contributed by atoms with Gasteiger partial charge in [0.1, 0.15) is 0 Å². The monoisotopic (exact) mass is 253 g/mol. The van der Waals surface area contributed by atoms with Gasteiger partial charge in [-0.2, -0.15) is 0 Å². The lowest BCUT2D eigenvalue weighted by Gasteiger charge is -2.09. The van der Waals surface area contributed by atoms with Crippen molar-refractivity contribution < 1.29 is 4.79 Å². The molecule has 0 bridgehead atoms. The van der Waals surface area contributed by atoms with Crippen LogP contribution in [0.2, 0.25) is 0 Å². The van der Waals surface area contributed by atoms with E-state index in [0.29, 0.717) is 6.42 Å². The average Bonchev–Trinajstić information content (AvgIpc) is 2.77. The average molecular weight is 253 g/mol. The second kappa shape index (κ2) is 7.81. The van der Waals surface area contributed by atoms with Gasteiger partial charge < -0.3 is 10.6 Å². The molecule has 0 atom stereocenters. The first kappa shape index (κ1) is 14.6. The van der Waals surface area contributed by atoms with Gasteiger partial charge in [0, 0.05) is 33.3 Å². The van der Waals surface area contributed by atoms with Gasteiger partial charge in [0.25, 0.3) is 0 Å². The van der Waals surface area contributed by atoms with Gasteiger partial charge in [-0.15, -0.1) is 5.10 Å². The molecule has 18 heavy (non-hydrogen) atoms. The third-order valence-electron chi connectivity index (χ3n) is 2.75. The van der Waals surface area contributed by atoms with E-state index in [-0.39, 0.29) is 5.91 Å². The first-order valence-electron chi connectivity index (χ1n) is 6.42. The van der Waals surface area contributed by atoms with E-state index in [1.54, 1.807) is 23.7 Å². The predicted octanol–water partition coefficient (Wildman–Crippen LogP) is 0.428. The van der Waals surface area contributed by atoms with E-state index < -0.39 is 0 Å². The zero-order chi connectivity index (χ0) is 13.4. The molecule has 6 heteroatoms. The third kappa shape index (κ3) is 5.27. The van der Waals surface area contributed by atoms with Crippen LogP contribution in [0.4, 0.5) is 0 Å². The Balaban J connectivity index is 2.24. The van der Waals surface area contributed by atoms with Crippen LogP contribution in [0, 0.1) is 0 Å². The van der Waals surface area contributed by atoms with E-state index in [2.05, 4.69) is 10.3 Å². The smallest absolute Gasteiger partial charge is 0.222 e. The fourth-order valence-electron chi connectivity index (χ4n) is 1.63. The number of aryl methyl sites for hydroxylation is 2. The summed E-state index contributed by atoms with van der Waals surface area (Å²) in [5.74, 6) is 0.151. The number of carbonyl (C=O) groups excluding carboxylic acids is 1. The molecule has 1 aromatic rings. The van der Waals surface area contributed by atoms with Crippen molar-refractivity contribution >= 4 is 5.91 Å². The van der Waals surface area contributed by atoms with Crippen molar-refractivity contribution in [2.75, 3.05) is 20.6 Å². The number of nitrogens with two attached hydrogens (primary N) is 1. The number of unbranched alkanes of at least 4 members (excludes halogenated alkanes) is 1. The Morgan fingerprint density at radius 3 is 2.83 bits per heavy atom. The molecular formula is C12H23N5O. The van der Waals surface area contributed by atoms with Crippen LogP contribution in [0.25, 0.3) is 0 Å². The molecule has 2 N–H and O–H groups in total. The Kier molecular flexibility index (Phi) is 6.35. The van der Waals surface area contributed by atoms with Gasteiger partial charge in [0.15, 0.2) is 0 Å². The summed E-state index contributed by atoms with van der Waals surface area (Å²) in [4.78, 5) is 13.0. The standard InChI is InChI=1S/C12H23N5O/c1-16(2)12(18)7-5-9-17-10-11(14-15-17)6-3-4-8-13/h10H,3-9,13H2,1-2H3. The molecule has 0 radical (unpaired) electrons. The minimum absolute atomic E-state index is 0.151. The molecule has 0 saturated heterocycles. The maximum Gasteiger partial charge on any atom is 0.222 e. The maximum atomic E-state index is 11.4. The van der Waals surface area contributed by atoms with Crippen molar-refractivity contribution in [2.45, 2.75) is 38.6 Å². The number of carbonyl (C=O) groups is 1. The predicted molar refractivity (Wildman–Crippen MR) is 69.9 cm³/mol. The fraction of sp³-hybridized carbons (Fsp3) is 0.750. The number of rotatable bonds is 8. The molecule has 1 aromatic heterocycles. The van der Waals surface area contributed by atoms with Crippen LogP contribution in [-0.4, -0.2) is 46.4 Å². The van der Waals surface area contributed by atoms with Crippen LogP contribution in [-0.2, 0) is 17.8 Å². The van der Waals surface area contributed by atoms with E-state index in [9.17, 15) is 4.79 Å². The molecule has 0 saturated carbocycles. The van der Waals surface area contributed by atoms with Crippen LogP contribution >= 0.6 is 0 Å². The molecule has 1 heterocycles. The molecule has 1 amide bonds. The van der Waals surface area contributed by atoms with Crippen molar-refractivity contribution in [1.82, 2.24) is 19.9 Å². The highest BCUT2D eigenvalue weighted by molar-refractivity contribution is 5.75. The summed E-state index contributed by atoms with van der Waals surface area (Å²) >= 11 is 0. The van der Waals surface area contributed by atoms with Crippen LogP contribution in [0.15, 0.2) is 6.20 Å². The van der Waals surface area contributed by atoms with Crippen LogP contribution in [0.5, 0.6) is 0 Å². The highest BCUT2D eigenvalue weighted by Crippen LogP contribution is 2.02. The van der Waals surface area contributed by atoms with Crippen LogP contribution in [0.3, 0.4) is 0 Å². The van der Waals surface area contributed by atoms with Crippen molar-refractivity contribution in [3.63, 3.8) is 0 Å². The summed E-state index contributed by atoms with van der Waals surface area (Å²) in [7, 11) is 3.54. The van der Waals surface area contributed by atoms with E-state index in [4.69, 9.17) is 5.73 Å². The summed E-state index contributed by atoms with van der Waals surface area (Å²) in [5, 5.41) is 8.14. The highest BCUT2D eigenvalue weighted by Gasteiger charge is 2.05. The molecule has 0 aliphatic rings. The lowest BCUT2D eigenvalue weighted by molar-refractivity contribution is -0.128. The Morgan fingerprint density at radius 2 is 2.17 bits per heavy atom. The van der Waals surface area contributed by atoms with Crippen molar-refractivity contribution in [3.8, 4) is 0 Å². The molecule has 0 unspecified atom stereocenters. The molecule has 1 rings (SSSR count). The SMILES string of the molecule is CN(C)C(=O)CCCn1cc(CCCCN)nn1. The first-order valence-corrected chi connectivity index (χ1v) is 6.42. The molecule has 0 aliphatic carbocycles. The molecule has 0 spiro atoms. The number of nitrogens with zero attached hydrogens (tertiary/aromatic N) is 4. The second-order valence-electron chi connectivity index (χ2n) is 4.61. The lowest BCUT2D eigenvalue weighted by atomic mass is 10.2. The number of hydrogen-bond acceptors (Lipinski definition) is 4. The van der Waals surface area contributed by atoms with Crippen molar-refractivity contribution in [3.05, 3.63) is 11.9 Å². The molecule has 0 aliphatic heterocycles. The van der Waals surface area contributed by atoms with Crippen molar-refractivity contribution in [2.24, 2.45) is 5.73 Å². The van der Waals surface area contributed by atoms with Gasteiger partial charge in [-0.1, -0.05) is 5.21 Å². The zero-order valence-electron chi connectivity index (χ0n) is 11.3. The summed E-state index contributed by atoms with van der Waals surface area (Å²) in [6, 6.07) is 0. The Hall–Kier alpha value is -1.43. The molecule has 6 nitrogen and oxygen atoms in total. The van der Waals surface area contributed by atoms with Crippen molar-refractivity contribution in [1.29, 1.82) is 0 Å². The van der Waals surface area contributed by atoms with Gasteiger partial charge in [-0.25, -0.2) is 0 Å². The molecular weight excluding hydrogens is 230 g/mol. The zero-order valence-corrected chi connectivity index (χ0v) is 11.3. The van der Waals surface area contributed by atoms with Crippen LogP contribution in [0.1, 0.15) is 31.4 Å². The molecule has 0 aromatic carbocycles. The van der Waals surface area contributed by atoms with Gasteiger partial charge in [0.2, 0.25) is 5.91 Å². The summed E-state index contributed by atoms with van der Waals surface area (Å²) in [6.45, 7) is 1.46.